The summed E-state index contributed by atoms with van der Waals surface area (Å²) in [6, 6.07) is 9.82. The van der Waals surface area contributed by atoms with E-state index < -0.39 is 0 Å². The fraction of sp³-hybridized carbons (Fsp3) is 0.474. The third kappa shape index (κ3) is 3.94. The van der Waals surface area contributed by atoms with Crippen LogP contribution in [0.1, 0.15) is 26.0 Å². The topological polar surface area (TPSA) is 66.7 Å². The van der Waals surface area contributed by atoms with Crippen LogP contribution in [0.25, 0.3) is 11.5 Å². The summed E-state index contributed by atoms with van der Waals surface area (Å²) in [6.45, 7) is 9.99. The van der Waals surface area contributed by atoms with Gasteiger partial charge in [0.25, 0.3) is 0 Å². The number of benzene rings is 1. The van der Waals surface area contributed by atoms with Crippen molar-refractivity contribution < 1.29 is 14.1 Å². The Labute approximate surface area is 148 Å². The summed E-state index contributed by atoms with van der Waals surface area (Å²) >= 11 is 0. The highest BCUT2D eigenvalue weighted by atomic mass is 16.5. The van der Waals surface area contributed by atoms with Crippen molar-refractivity contribution in [3.63, 3.8) is 0 Å². The molecule has 6 heteroatoms. The van der Waals surface area contributed by atoms with E-state index in [4.69, 9.17) is 9.15 Å². The average Bonchev–Trinajstić information content (AvgIpc) is 3.11. The number of piperazine rings is 1. The van der Waals surface area contributed by atoms with Crippen LogP contribution in [-0.4, -0.2) is 44.3 Å². The second-order valence-corrected chi connectivity index (χ2v) is 6.25. The van der Waals surface area contributed by atoms with E-state index in [1.54, 1.807) is 4.90 Å². The van der Waals surface area contributed by atoms with Gasteiger partial charge < -0.3 is 19.0 Å². The average molecular weight is 341 g/mol. The number of ether oxygens (including phenoxy) is 1. The molecule has 1 N–H and O–H groups in total. The van der Waals surface area contributed by atoms with Gasteiger partial charge in [0.1, 0.15) is 11.8 Å². The zero-order valence-electron chi connectivity index (χ0n) is 14.9. The van der Waals surface area contributed by atoms with Gasteiger partial charge in [0.05, 0.1) is 39.3 Å². The van der Waals surface area contributed by atoms with Crippen LogP contribution in [-0.2, 0) is 0 Å². The monoisotopic (exact) mass is 341 g/mol. The lowest BCUT2D eigenvalue weighted by atomic mass is 10.2. The van der Waals surface area contributed by atoms with E-state index in [1.165, 1.54) is 0 Å². The maximum absolute atomic E-state index is 9.42. The van der Waals surface area contributed by atoms with Crippen LogP contribution >= 0.6 is 0 Å². The lowest BCUT2D eigenvalue weighted by Gasteiger charge is -2.31. The molecule has 1 aliphatic rings. The number of hydrogen-bond donors (Lipinski definition) is 1. The second kappa shape index (κ2) is 8.04. The number of aromatic nitrogens is 1. The zero-order chi connectivity index (χ0) is 17.6. The van der Waals surface area contributed by atoms with E-state index >= 15 is 0 Å². The molecule has 0 aliphatic carbocycles. The summed E-state index contributed by atoms with van der Waals surface area (Å²) in [4.78, 5) is 8.10. The van der Waals surface area contributed by atoms with Crippen molar-refractivity contribution in [1.29, 1.82) is 5.26 Å². The molecule has 0 atom stereocenters. The van der Waals surface area contributed by atoms with E-state index in [-0.39, 0.29) is 0 Å². The second-order valence-electron chi connectivity index (χ2n) is 6.25. The molecule has 2 aromatic rings. The molecule has 2 heterocycles. The number of hydrogen-bond acceptors (Lipinski definition) is 5. The van der Waals surface area contributed by atoms with Crippen molar-refractivity contribution in [1.82, 2.24) is 4.98 Å². The van der Waals surface area contributed by atoms with Crippen molar-refractivity contribution in [3.8, 4) is 23.3 Å². The molecule has 0 saturated carbocycles. The summed E-state index contributed by atoms with van der Waals surface area (Å²) in [6.07, 6.45) is 0.976. The van der Waals surface area contributed by atoms with Crippen LogP contribution < -0.4 is 14.5 Å². The molecule has 1 saturated heterocycles. The van der Waals surface area contributed by atoms with Crippen molar-refractivity contribution in [2.24, 2.45) is 0 Å². The molecule has 6 nitrogen and oxygen atoms in total. The Balaban J connectivity index is 1.77. The molecule has 0 radical (unpaired) electrons. The van der Waals surface area contributed by atoms with Crippen molar-refractivity contribution >= 4 is 5.88 Å². The molecule has 132 valence electrons. The van der Waals surface area contributed by atoms with Gasteiger partial charge in [-0.3, -0.25) is 0 Å². The summed E-state index contributed by atoms with van der Waals surface area (Å²) in [5.41, 5.74) is 1.21. The Morgan fingerprint density at radius 2 is 1.96 bits per heavy atom. The number of nitrogens with one attached hydrogen (secondary N) is 1. The highest BCUT2D eigenvalue weighted by molar-refractivity contribution is 5.60. The first kappa shape index (κ1) is 17.3. The Kier molecular flexibility index (Phi) is 5.56. The normalized spacial score (nSPS) is 15.2. The summed E-state index contributed by atoms with van der Waals surface area (Å²) in [7, 11) is 0. The quantitative estimate of drug-likeness (QED) is 0.867. The molecule has 1 fully saturated rings. The number of oxazole rings is 1. The lowest BCUT2D eigenvalue weighted by Crippen LogP contribution is -3.14. The molecule has 1 aliphatic heterocycles. The van der Waals surface area contributed by atoms with E-state index in [0.717, 1.165) is 50.5 Å². The molecular weight excluding hydrogens is 316 g/mol. The highest BCUT2D eigenvalue weighted by Crippen LogP contribution is 2.29. The largest absolute Gasteiger partial charge is 0.494 e. The summed E-state index contributed by atoms with van der Waals surface area (Å²) < 4.78 is 11.6. The highest BCUT2D eigenvalue weighted by Gasteiger charge is 2.25. The van der Waals surface area contributed by atoms with E-state index in [2.05, 4.69) is 29.8 Å². The van der Waals surface area contributed by atoms with Gasteiger partial charge in [-0.1, -0.05) is 6.92 Å². The number of quaternary nitrogens is 1. The molecule has 0 bridgehead atoms. The van der Waals surface area contributed by atoms with Gasteiger partial charge in [-0.25, -0.2) is 0 Å². The van der Waals surface area contributed by atoms with Gasteiger partial charge in [-0.2, -0.15) is 10.2 Å². The summed E-state index contributed by atoms with van der Waals surface area (Å²) in [5, 5.41) is 9.42. The zero-order valence-corrected chi connectivity index (χ0v) is 14.9. The van der Waals surface area contributed by atoms with E-state index in [1.807, 2.05) is 24.3 Å². The molecule has 1 aromatic carbocycles. The minimum absolute atomic E-state index is 0.362. The van der Waals surface area contributed by atoms with E-state index in [9.17, 15) is 5.26 Å². The van der Waals surface area contributed by atoms with Gasteiger partial charge in [0, 0.05) is 5.56 Å². The van der Waals surface area contributed by atoms with Crippen LogP contribution in [0.5, 0.6) is 5.75 Å². The minimum atomic E-state index is 0.362. The molecule has 25 heavy (non-hydrogen) atoms. The number of rotatable bonds is 6. The first-order chi connectivity index (χ1) is 12.2. The van der Waals surface area contributed by atoms with E-state index in [0.29, 0.717) is 24.1 Å². The maximum atomic E-state index is 9.42. The third-order valence-corrected chi connectivity index (χ3v) is 4.55. The van der Waals surface area contributed by atoms with Gasteiger partial charge in [0.2, 0.25) is 17.5 Å². The first-order valence-electron chi connectivity index (χ1n) is 8.97. The van der Waals surface area contributed by atoms with Gasteiger partial charge >= 0.3 is 0 Å². The van der Waals surface area contributed by atoms with Crippen LogP contribution in [0.4, 0.5) is 5.88 Å². The van der Waals surface area contributed by atoms with Crippen molar-refractivity contribution in [3.05, 3.63) is 30.0 Å². The first-order valence-corrected chi connectivity index (χ1v) is 8.97. The van der Waals surface area contributed by atoms with Crippen LogP contribution in [0.15, 0.2) is 28.7 Å². The number of anilines is 1. The Morgan fingerprint density at radius 1 is 1.24 bits per heavy atom. The Hall–Kier alpha value is -2.52. The van der Waals surface area contributed by atoms with Crippen LogP contribution in [0.2, 0.25) is 0 Å². The van der Waals surface area contributed by atoms with Gasteiger partial charge in [-0.05, 0) is 37.6 Å². The maximum Gasteiger partial charge on any atom is 0.235 e. The number of nitriles is 1. The molecule has 0 spiro atoms. The summed E-state index contributed by atoms with van der Waals surface area (Å²) in [5.74, 6) is 1.91. The lowest BCUT2D eigenvalue weighted by molar-refractivity contribution is -0.898. The predicted octanol–water partition coefficient (Wildman–Crippen LogP) is 1.73. The smallest absolute Gasteiger partial charge is 0.235 e. The molecular formula is C19H25N4O2+. The fourth-order valence-electron chi connectivity index (χ4n) is 3.02. The predicted molar refractivity (Wildman–Crippen MR) is 95.9 cm³/mol. The fourth-order valence-corrected chi connectivity index (χ4v) is 3.02. The number of likely N-dealkylation sites (N-methyl/N-ethyl adjacent to an activating group) is 1. The Morgan fingerprint density at radius 3 is 2.56 bits per heavy atom. The van der Waals surface area contributed by atoms with Crippen LogP contribution in [0, 0.1) is 11.3 Å². The van der Waals surface area contributed by atoms with Gasteiger partial charge in [-0.15, -0.1) is 0 Å². The Bertz CT molecular complexity index is 725. The third-order valence-electron chi connectivity index (χ3n) is 4.55. The van der Waals surface area contributed by atoms with Crippen molar-refractivity contribution in [2.45, 2.75) is 20.3 Å². The molecule has 1 aromatic heterocycles. The van der Waals surface area contributed by atoms with Crippen LogP contribution in [0.3, 0.4) is 0 Å². The number of nitrogens with zero attached hydrogens (tertiary/aromatic N) is 3. The minimum Gasteiger partial charge on any atom is -0.494 e. The van der Waals surface area contributed by atoms with Crippen molar-refractivity contribution in [2.75, 3.05) is 44.2 Å². The molecule has 0 amide bonds. The SMILES string of the molecule is CCCOc1ccc(-c2nc(C#N)c(N3CC[NH+](CC)CC3)o2)cc1. The standard InChI is InChI=1S/C19H24N4O2/c1-3-13-24-16-7-5-15(6-8-16)18-21-17(14-20)19(25-18)23-11-9-22(4-2)10-12-23/h5-8H,3-4,9-13H2,1-2H3/p+1. The molecule has 3 rings (SSSR count). The van der Waals surface area contributed by atoms with Gasteiger partial charge in [0.15, 0.2) is 0 Å². The molecule has 0 unspecified atom stereocenters.